The highest BCUT2D eigenvalue weighted by Crippen LogP contribution is 2.42. The molecule has 2 aromatic rings. The van der Waals surface area contributed by atoms with Crippen molar-refractivity contribution in [3.8, 4) is 6.07 Å². The zero-order valence-electron chi connectivity index (χ0n) is 16.1. The highest BCUT2D eigenvalue weighted by atomic mass is 79.9. The normalized spacial score (nSPS) is 23.3. The summed E-state index contributed by atoms with van der Waals surface area (Å²) in [5.74, 6) is 0. The van der Waals surface area contributed by atoms with Crippen molar-refractivity contribution in [1.82, 2.24) is 4.57 Å². The third-order valence-electron chi connectivity index (χ3n) is 5.83. The van der Waals surface area contributed by atoms with Crippen LogP contribution in [-0.2, 0) is 4.74 Å². The Labute approximate surface area is 165 Å². The van der Waals surface area contributed by atoms with Crippen molar-refractivity contribution in [2.75, 3.05) is 6.61 Å². The van der Waals surface area contributed by atoms with E-state index < -0.39 is 0 Å². The molecule has 0 aliphatic heterocycles. The molecule has 0 bridgehead atoms. The van der Waals surface area contributed by atoms with Gasteiger partial charge in [0.15, 0.2) is 0 Å². The number of fused-ring (bicyclic) bond motifs is 1. The van der Waals surface area contributed by atoms with Crippen molar-refractivity contribution < 1.29 is 4.74 Å². The summed E-state index contributed by atoms with van der Waals surface area (Å²) in [4.78, 5) is 0. The van der Waals surface area contributed by atoms with Crippen LogP contribution in [0.15, 0.2) is 22.8 Å². The molecule has 0 amide bonds. The maximum Gasteiger partial charge on any atom is 0.0994 e. The van der Waals surface area contributed by atoms with Gasteiger partial charge >= 0.3 is 0 Å². The van der Waals surface area contributed by atoms with Crippen LogP contribution in [-0.4, -0.2) is 16.8 Å². The van der Waals surface area contributed by atoms with E-state index in [1.807, 2.05) is 13.0 Å². The summed E-state index contributed by atoms with van der Waals surface area (Å²) in [6.07, 6.45) is 10.2. The van der Waals surface area contributed by atoms with Crippen LogP contribution in [0.1, 0.15) is 76.0 Å². The van der Waals surface area contributed by atoms with Crippen LogP contribution >= 0.6 is 15.9 Å². The fourth-order valence-electron chi connectivity index (χ4n) is 4.43. The molecule has 3 rings (SSSR count). The molecule has 1 heterocycles. The van der Waals surface area contributed by atoms with E-state index in [1.54, 1.807) is 0 Å². The maximum atomic E-state index is 9.32. The third kappa shape index (κ3) is 3.70. The molecule has 1 aliphatic rings. The van der Waals surface area contributed by atoms with Gasteiger partial charge in [0.2, 0.25) is 0 Å². The van der Waals surface area contributed by atoms with Crippen LogP contribution in [0.4, 0.5) is 0 Å². The van der Waals surface area contributed by atoms with Gasteiger partial charge in [0, 0.05) is 34.2 Å². The second-order valence-corrected chi connectivity index (χ2v) is 8.55. The average Bonchev–Trinajstić information content (AvgIpc) is 2.96. The number of rotatable bonds is 6. The number of hydrogen-bond donors (Lipinski definition) is 0. The Morgan fingerprint density at radius 2 is 2.00 bits per heavy atom. The summed E-state index contributed by atoms with van der Waals surface area (Å²) in [7, 11) is 0. The van der Waals surface area contributed by atoms with Crippen LogP contribution in [0.5, 0.6) is 0 Å². The maximum absolute atomic E-state index is 9.32. The molecular formula is C22H29BrN2O. The number of halogens is 1. The van der Waals surface area contributed by atoms with Gasteiger partial charge in [-0.2, -0.15) is 5.26 Å². The van der Waals surface area contributed by atoms with Gasteiger partial charge < -0.3 is 9.30 Å². The summed E-state index contributed by atoms with van der Waals surface area (Å²) in [6.45, 7) is 7.34. The van der Waals surface area contributed by atoms with Gasteiger partial charge in [0.1, 0.15) is 0 Å². The fourth-order valence-corrected chi connectivity index (χ4v) is 4.97. The first kappa shape index (κ1) is 19.5. The topological polar surface area (TPSA) is 38.0 Å². The Morgan fingerprint density at radius 3 is 2.62 bits per heavy atom. The Hall–Kier alpha value is -1.31. The highest BCUT2D eigenvalue weighted by Gasteiger charge is 2.36. The van der Waals surface area contributed by atoms with Crippen molar-refractivity contribution in [1.29, 1.82) is 5.26 Å². The zero-order valence-corrected chi connectivity index (χ0v) is 17.7. The van der Waals surface area contributed by atoms with E-state index in [1.165, 1.54) is 18.4 Å². The number of nitrogens with zero attached hydrogens (tertiary/aromatic N) is 2. The molecule has 1 aromatic carbocycles. The Balaban J connectivity index is 1.85. The van der Waals surface area contributed by atoms with Crippen LogP contribution in [0, 0.1) is 18.3 Å². The lowest BCUT2D eigenvalue weighted by molar-refractivity contribution is -0.0821. The van der Waals surface area contributed by atoms with Gasteiger partial charge in [-0.05, 0) is 79.1 Å². The lowest BCUT2D eigenvalue weighted by Crippen LogP contribution is -2.38. The minimum atomic E-state index is 0.0886. The molecule has 1 fully saturated rings. The Kier molecular flexibility index (Phi) is 6.10. The fraction of sp³-hybridized carbons (Fsp3) is 0.591. The van der Waals surface area contributed by atoms with E-state index in [4.69, 9.17) is 4.74 Å². The highest BCUT2D eigenvalue weighted by molar-refractivity contribution is 9.10. The minimum Gasteiger partial charge on any atom is -0.375 e. The van der Waals surface area contributed by atoms with E-state index >= 15 is 0 Å². The van der Waals surface area contributed by atoms with Crippen LogP contribution < -0.4 is 0 Å². The summed E-state index contributed by atoms with van der Waals surface area (Å²) >= 11 is 3.70. The number of hydrogen-bond acceptors (Lipinski definition) is 2. The lowest BCUT2D eigenvalue weighted by atomic mass is 9.79. The first-order valence-electron chi connectivity index (χ1n) is 9.88. The molecule has 0 unspecified atom stereocenters. The number of nitriles is 1. The quantitative estimate of drug-likeness (QED) is 0.527. The zero-order chi connectivity index (χ0) is 18.7. The van der Waals surface area contributed by atoms with Gasteiger partial charge in [-0.15, -0.1) is 0 Å². The van der Waals surface area contributed by atoms with Crippen molar-refractivity contribution in [2.45, 2.75) is 77.4 Å². The third-order valence-corrected chi connectivity index (χ3v) is 6.46. The Bertz CT molecular complexity index is 810. The first-order chi connectivity index (χ1) is 12.5. The Morgan fingerprint density at radius 1 is 1.27 bits per heavy atom. The standard InChI is InChI=1S/C22H29BrN2O/c1-4-8-22(26-11-5-2)9-6-18(7-10-22)25-15-20(23)19-13-17(14-24)16(3)12-21(19)25/h12-13,15,18H,4-11H2,1-3H3. The molecule has 1 aliphatic carbocycles. The molecule has 0 saturated heterocycles. The predicted molar refractivity (Wildman–Crippen MR) is 110 cm³/mol. The van der Waals surface area contributed by atoms with Crippen molar-refractivity contribution in [3.63, 3.8) is 0 Å². The molecule has 140 valence electrons. The minimum absolute atomic E-state index is 0.0886. The predicted octanol–water partition coefficient (Wildman–Crippen LogP) is 6.66. The van der Waals surface area contributed by atoms with E-state index in [2.05, 4.69) is 52.7 Å². The van der Waals surface area contributed by atoms with Gasteiger partial charge in [-0.3, -0.25) is 0 Å². The van der Waals surface area contributed by atoms with Crippen molar-refractivity contribution in [3.05, 3.63) is 33.9 Å². The molecule has 3 nitrogen and oxygen atoms in total. The largest absolute Gasteiger partial charge is 0.375 e. The van der Waals surface area contributed by atoms with E-state index in [0.717, 1.165) is 59.7 Å². The summed E-state index contributed by atoms with van der Waals surface area (Å²) in [5.41, 5.74) is 3.13. The van der Waals surface area contributed by atoms with Gasteiger partial charge in [-0.25, -0.2) is 0 Å². The van der Waals surface area contributed by atoms with Crippen molar-refractivity contribution in [2.24, 2.45) is 0 Å². The first-order valence-corrected chi connectivity index (χ1v) is 10.7. The summed E-state index contributed by atoms with van der Waals surface area (Å²) in [5, 5.41) is 10.5. The van der Waals surface area contributed by atoms with Gasteiger partial charge in [-0.1, -0.05) is 20.3 Å². The monoisotopic (exact) mass is 416 g/mol. The number of aromatic nitrogens is 1. The SMILES string of the molecule is CCCOC1(CCC)CCC(n2cc(Br)c3cc(C#N)c(C)cc32)CC1. The smallest absolute Gasteiger partial charge is 0.0994 e. The summed E-state index contributed by atoms with van der Waals surface area (Å²) < 4.78 is 9.83. The number of ether oxygens (including phenoxy) is 1. The molecule has 1 saturated carbocycles. The molecule has 0 atom stereocenters. The van der Waals surface area contributed by atoms with Crippen LogP contribution in [0.3, 0.4) is 0 Å². The second-order valence-electron chi connectivity index (χ2n) is 7.69. The van der Waals surface area contributed by atoms with Crippen molar-refractivity contribution >= 4 is 26.8 Å². The van der Waals surface area contributed by atoms with Gasteiger partial charge in [0.05, 0.1) is 17.2 Å². The van der Waals surface area contributed by atoms with Gasteiger partial charge in [0.25, 0.3) is 0 Å². The molecular weight excluding hydrogens is 388 g/mol. The second kappa shape index (κ2) is 8.15. The van der Waals surface area contributed by atoms with Crippen LogP contribution in [0.25, 0.3) is 10.9 Å². The number of aryl methyl sites for hydroxylation is 1. The van der Waals surface area contributed by atoms with Crippen LogP contribution in [0.2, 0.25) is 0 Å². The molecule has 4 heteroatoms. The van der Waals surface area contributed by atoms with E-state index in [-0.39, 0.29) is 5.60 Å². The molecule has 1 aromatic heterocycles. The lowest BCUT2D eigenvalue weighted by Gasteiger charge is -2.41. The summed E-state index contributed by atoms with van der Waals surface area (Å²) in [6, 6.07) is 6.99. The molecule has 0 spiro atoms. The molecule has 0 N–H and O–H groups in total. The number of benzene rings is 1. The van der Waals surface area contributed by atoms with E-state index in [9.17, 15) is 5.26 Å². The average molecular weight is 417 g/mol. The molecule has 26 heavy (non-hydrogen) atoms. The molecule has 0 radical (unpaired) electrons. The van der Waals surface area contributed by atoms with E-state index in [0.29, 0.717) is 6.04 Å².